The summed E-state index contributed by atoms with van der Waals surface area (Å²) in [5, 5.41) is 25.0. The van der Waals surface area contributed by atoms with E-state index in [1.807, 2.05) is 44.6 Å². The second kappa shape index (κ2) is 11.2. The number of thiophene rings is 1. The number of benzene rings is 2. The molecule has 4 rings (SSSR count). The third kappa shape index (κ3) is 6.27. The molecular weight excluding hydrogens is 518 g/mol. The number of phenols is 1. The van der Waals surface area contributed by atoms with Crippen molar-refractivity contribution in [1.29, 1.82) is 0 Å². The van der Waals surface area contributed by atoms with Crippen molar-refractivity contribution in [2.45, 2.75) is 19.2 Å². The molecule has 182 valence electrons. The van der Waals surface area contributed by atoms with Gasteiger partial charge < -0.3 is 20.1 Å². The first-order valence-electron chi connectivity index (χ1n) is 11.0. The number of halogens is 1. The van der Waals surface area contributed by atoms with Crippen LogP contribution >= 0.6 is 47.4 Å². The van der Waals surface area contributed by atoms with E-state index < -0.39 is 6.10 Å². The molecular formula is C26H26ClN3O2S3. The van der Waals surface area contributed by atoms with Crippen molar-refractivity contribution in [2.24, 2.45) is 7.05 Å². The number of thiocarbonyl (C=S) groups is 1. The number of pyridine rings is 1. The van der Waals surface area contributed by atoms with Gasteiger partial charge in [-0.15, -0.1) is 11.3 Å². The zero-order valence-electron chi connectivity index (χ0n) is 19.4. The van der Waals surface area contributed by atoms with Crippen molar-refractivity contribution in [3.63, 3.8) is 0 Å². The number of rotatable bonds is 8. The fourth-order valence-corrected chi connectivity index (χ4v) is 5.83. The van der Waals surface area contributed by atoms with Crippen LogP contribution in [-0.4, -0.2) is 38.3 Å². The van der Waals surface area contributed by atoms with Crippen LogP contribution in [0.15, 0.2) is 60.8 Å². The van der Waals surface area contributed by atoms with Gasteiger partial charge in [0.15, 0.2) is 0 Å². The lowest BCUT2D eigenvalue weighted by Gasteiger charge is -2.20. The van der Waals surface area contributed by atoms with Crippen LogP contribution in [0.3, 0.4) is 0 Å². The third-order valence-electron chi connectivity index (χ3n) is 5.70. The lowest BCUT2D eigenvalue weighted by molar-refractivity contribution is 0.124. The highest BCUT2D eigenvalue weighted by Gasteiger charge is 2.15. The number of aromatic nitrogens is 1. The highest BCUT2D eigenvalue weighted by Crippen LogP contribution is 2.29. The Balaban J connectivity index is 1.47. The fraction of sp³-hybridized carbons (Fsp3) is 0.231. The maximum absolute atomic E-state index is 10.6. The number of aliphatic hydroxyl groups excluding tert-OH is 1. The normalized spacial score (nSPS) is 12.3. The van der Waals surface area contributed by atoms with Gasteiger partial charge in [0.1, 0.15) is 15.6 Å². The van der Waals surface area contributed by atoms with Gasteiger partial charge in [-0.3, -0.25) is 4.90 Å². The van der Waals surface area contributed by atoms with Crippen molar-refractivity contribution in [1.82, 2.24) is 14.8 Å². The summed E-state index contributed by atoms with van der Waals surface area (Å²) >= 11 is 19.1. The van der Waals surface area contributed by atoms with E-state index in [4.69, 9.17) is 36.0 Å². The molecule has 0 amide bonds. The Kier molecular flexibility index (Phi) is 8.21. The van der Waals surface area contributed by atoms with E-state index in [1.165, 1.54) is 0 Å². The van der Waals surface area contributed by atoms with Crippen LogP contribution in [0.25, 0.3) is 10.2 Å². The molecule has 5 nitrogen and oxygen atoms in total. The quantitative estimate of drug-likeness (QED) is 0.238. The molecule has 9 heteroatoms. The van der Waals surface area contributed by atoms with E-state index in [2.05, 4.69) is 20.9 Å². The SMILES string of the molecule is CN(Cc1cc2c(=S)c(C(=S)NCc3ccc(Cl)cc3)cn(C)c2s1)CC(O)c1ccc(O)cc1. The monoisotopic (exact) mass is 543 g/mol. The molecule has 2 aromatic carbocycles. The Bertz CT molecular complexity index is 1400. The topological polar surface area (TPSA) is 60.7 Å². The minimum Gasteiger partial charge on any atom is -0.508 e. The van der Waals surface area contributed by atoms with Gasteiger partial charge in [0.2, 0.25) is 0 Å². The van der Waals surface area contributed by atoms with E-state index in [9.17, 15) is 10.2 Å². The van der Waals surface area contributed by atoms with Crippen LogP contribution in [0, 0.1) is 4.51 Å². The Hall–Kier alpha value is -2.33. The lowest BCUT2D eigenvalue weighted by atomic mass is 10.1. The van der Waals surface area contributed by atoms with Gasteiger partial charge in [-0.05, 0) is 48.5 Å². The molecule has 2 aromatic heterocycles. The predicted molar refractivity (Wildman–Crippen MR) is 151 cm³/mol. The Morgan fingerprint density at radius 3 is 2.54 bits per heavy atom. The zero-order valence-corrected chi connectivity index (χ0v) is 22.6. The number of likely N-dealkylation sites (N-methyl/N-ethyl adjacent to an activating group) is 1. The van der Waals surface area contributed by atoms with Gasteiger partial charge in [-0.1, -0.05) is 60.3 Å². The predicted octanol–water partition coefficient (Wildman–Crippen LogP) is 5.96. The van der Waals surface area contributed by atoms with Gasteiger partial charge in [-0.25, -0.2) is 0 Å². The number of hydrogen-bond acceptors (Lipinski definition) is 6. The number of fused-ring (bicyclic) bond motifs is 1. The molecule has 3 N–H and O–H groups in total. The van der Waals surface area contributed by atoms with Crippen molar-refractivity contribution in [3.8, 4) is 5.75 Å². The van der Waals surface area contributed by atoms with E-state index in [-0.39, 0.29) is 5.75 Å². The summed E-state index contributed by atoms with van der Waals surface area (Å²) in [5.41, 5.74) is 2.69. The summed E-state index contributed by atoms with van der Waals surface area (Å²) in [4.78, 5) is 4.93. The molecule has 4 aromatic rings. The molecule has 0 spiro atoms. The van der Waals surface area contributed by atoms with E-state index in [0.717, 1.165) is 36.3 Å². The van der Waals surface area contributed by atoms with Crippen LogP contribution in [0.2, 0.25) is 5.02 Å². The summed E-state index contributed by atoms with van der Waals surface area (Å²) in [6, 6.07) is 16.4. The van der Waals surface area contributed by atoms with Crippen molar-refractivity contribution in [3.05, 3.63) is 91.9 Å². The maximum Gasteiger partial charge on any atom is 0.115 e. The number of hydrogen-bond donors (Lipinski definition) is 3. The largest absolute Gasteiger partial charge is 0.508 e. The van der Waals surface area contributed by atoms with E-state index in [0.29, 0.717) is 29.6 Å². The van der Waals surface area contributed by atoms with Crippen LogP contribution in [0.5, 0.6) is 5.75 Å². The average Bonchev–Trinajstić information content (AvgIpc) is 3.25. The highest BCUT2D eigenvalue weighted by molar-refractivity contribution is 7.80. The van der Waals surface area contributed by atoms with Crippen molar-refractivity contribution in [2.75, 3.05) is 13.6 Å². The average molecular weight is 544 g/mol. The summed E-state index contributed by atoms with van der Waals surface area (Å²) < 4.78 is 2.80. The summed E-state index contributed by atoms with van der Waals surface area (Å²) in [7, 11) is 3.98. The summed E-state index contributed by atoms with van der Waals surface area (Å²) in [6.07, 6.45) is 1.34. The number of aromatic hydroxyl groups is 1. The summed E-state index contributed by atoms with van der Waals surface area (Å²) in [6.45, 7) is 1.74. The molecule has 1 atom stereocenters. The van der Waals surface area contributed by atoms with Crippen LogP contribution < -0.4 is 5.32 Å². The van der Waals surface area contributed by atoms with Crippen molar-refractivity contribution < 1.29 is 10.2 Å². The molecule has 0 aliphatic heterocycles. The number of nitrogens with one attached hydrogen (secondary N) is 1. The number of aliphatic hydroxyl groups is 1. The van der Waals surface area contributed by atoms with E-state index >= 15 is 0 Å². The first-order chi connectivity index (χ1) is 16.7. The Labute approximate surface area is 224 Å². The minimum atomic E-state index is -0.642. The van der Waals surface area contributed by atoms with Gasteiger partial charge in [0.05, 0.1) is 10.6 Å². The number of nitrogens with zero attached hydrogens (tertiary/aromatic N) is 2. The fourth-order valence-electron chi connectivity index (χ4n) is 3.86. The number of phenolic OH excluding ortho intramolecular Hbond substituents is 1. The molecule has 0 saturated heterocycles. The van der Waals surface area contributed by atoms with Gasteiger partial charge >= 0.3 is 0 Å². The molecule has 0 aliphatic rings. The van der Waals surface area contributed by atoms with E-state index in [1.54, 1.807) is 35.6 Å². The first-order valence-corrected chi connectivity index (χ1v) is 13.0. The lowest BCUT2D eigenvalue weighted by Crippen LogP contribution is -2.23. The maximum atomic E-state index is 10.6. The molecule has 2 heterocycles. The van der Waals surface area contributed by atoms with Gasteiger partial charge in [0, 0.05) is 53.7 Å². The zero-order chi connectivity index (χ0) is 25.1. The first kappa shape index (κ1) is 25.8. The number of aryl methyl sites for hydroxylation is 1. The molecule has 0 saturated carbocycles. The second-order valence-corrected chi connectivity index (χ2v) is 10.9. The van der Waals surface area contributed by atoms with Crippen LogP contribution in [0.4, 0.5) is 0 Å². The Morgan fingerprint density at radius 2 is 1.86 bits per heavy atom. The van der Waals surface area contributed by atoms with Crippen LogP contribution in [0.1, 0.15) is 27.7 Å². The van der Waals surface area contributed by atoms with Gasteiger partial charge in [0.25, 0.3) is 0 Å². The third-order valence-corrected chi connectivity index (χ3v) is 7.96. The smallest absolute Gasteiger partial charge is 0.115 e. The molecule has 0 radical (unpaired) electrons. The van der Waals surface area contributed by atoms with Crippen LogP contribution in [-0.2, 0) is 20.1 Å². The standard InChI is InChI=1S/C26H26ClN3O2S3/c1-29(15-23(32)17-5-9-19(31)10-6-17)13-20-11-21-24(33)22(14-30(2)26(21)35-20)25(34)28-12-16-3-7-18(27)8-4-16/h3-11,14,23,31-32H,12-13,15H2,1-2H3,(H,28,34). The summed E-state index contributed by atoms with van der Waals surface area (Å²) in [5.74, 6) is 0.186. The molecule has 0 bridgehead atoms. The van der Waals surface area contributed by atoms with Gasteiger partial charge in [-0.2, -0.15) is 0 Å². The minimum absolute atomic E-state index is 0.186. The Morgan fingerprint density at radius 1 is 1.17 bits per heavy atom. The molecule has 1 unspecified atom stereocenters. The van der Waals surface area contributed by atoms with Crippen molar-refractivity contribution >= 4 is 62.6 Å². The molecule has 35 heavy (non-hydrogen) atoms. The molecule has 0 aliphatic carbocycles. The second-order valence-electron chi connectivity index (χ2n) is 8.53. The molecule has 0 fully saturated rings. The highest BCUT2D eigenvalue weighted by atomic mass is 35.5.